The van der Waals surface area contributed by atoms with Gasteiger partial charge in [0, 0.05) is 30.9 Å². The number of halogens is 4. The molecule has 24 heavy (non-hydrogen) atoms. The molecule has 0 radical (unpaired) electrons. The van der Waals surface area contributed by atoms with Gasteiger partial charge in [-0.1, -0.05) is 0 Å². The molecule has 0 spiro atoms. The summed E-state index contributed by atoms with van der Waals surface area (Å²) in [5.74, 6) is -3.43. The summed E-state index contributed by atoms with van der Waals surface area (Å²) in [4.78, 5) is 7.99. The van der Waals surface area contributed by atoms with Gasteiger partial charge >= 0.3 is 0 Å². The molecule has 0 aliphatic carbocycles. The van der Waals surface area contributed by atoms with Crippen molar-refractivity contribution in [1.82, 2.24) is 24.6 Å². The molecule has 0 aliphatic heterocycles. The normalized spacial score (nSPS) is 12.1. The molecule has 3 aromatic rings. The first-order valence-electron chi connectivity index (χ1n) is 6.79. The van der Waals surface area contributed by atoms with Gasteiger partial charge in [-0.05, 0) is 6.07 Å². The van der Waals surface area contributed by atoms with Gasteiger partial charge in [0.2, 0.25) is 11.7 Å². The molecule has 3 rings (SSSR count). The topological polar surface area (TPSA) is 65.2 Å². The van der Waals surface area contributed by atoms with E-state index in [0.717, 1.165) is 11.3 Å². The number of nitrogens with zero attached hydrogens (tertiary/aromatic N) is 5. The second kappa shape index (κ2) is 6.02. The van der Waals surface area contributed by atoms with Gasteiger partial charge in [0.05, 0.1) is 11.9 Å². The molecule has 0 saturated heterocycles. The lowest BCUT2D eigenvalue weighted by Gasteiger charge is -2.11. The average Bonchev–Trinajstić information content (AvgIpc) is 2.96. The lowest BCUT2D eigenvalue weighted by Crippen LogP contribution is -2.21. The summed E-state index contributed by atoms with van der Waals surface area (Å²) in [7, 11) is 0. The molecule has 6 nitrogen and oxygen atoms in total. The lowest BCUT2D eigenvalue weighted by molar-refractivity contribution is -0.0242. The van der Waals surface area contributed by atoms with Crippen molar-refractivity contribution < 1.29 is 22.3 Å². The second-order valence-electron chi connectivity index (χ2n) is 5.10. The van der Waals surface area contributed by atoms with Gasteiger partial charge in [-0.15, -0.1) is 10.2 Å². The third-order valence-electron chi connectivity index (χ3n) is 3.02. The Balaban J connectivity index is 1.86. The van der Waals surface area contributed by atoms with Gasteiger partial charge in [-0.25, -0.2) is 22.5 Å². The molecule has 3 heterocycles. The zero-order valence-corrected chi connectivity index (χ0v) is 12.3. The van der Waals surface area contributed by atoms with Crippen LogP contribution in [0.1, 0.15) is 19.2 Å². The summed E-state index contributed by atoms with van der Waals surface area (Å²) in [5, 5.41) is 7.01. The molecule has 0 aliphatic rings. The Kier molecular flexibility index (Phi) is 4.04. The first-order chi connectivity index (χ1) is 11.3. The molecule has 0 fully saturated rings. The Morgan fingerprint density at radius 2 is 1.96 bits per heavy atom. The predicted octanol–water partition coefficient (Wildman–Crippen LogP) is 3.16. The van der Waals surface area contributed by atoms with E-state index >= 15 is 0 Å². The fourth-order valence-corrected chi connectivity index (χ4v) is 1.94. The van der Waals surface area contributed by atoms with Crippen LogP contribution in [0.3, 0.4) is 0 Å². The molecular formula is C14H11F4N5O. The minimum atomic E-state index is -2.97. The maximum atomic E-state index is 12.9. The van der Waals surface area contributed by atoms with Gasteiger partial charge in [-0.2, -0.15) is 0 Å². The number of pyridine rings is 1. The Hall–Kier alpha value is -2.78. The Bertz CT molecular complexity index is 844. The fraction of sp³-hybridized carbons (Fsp3) is 0.286. The largest absolute Gasteiger partial charge is 0.471 e. The molecule has 126 valence electrons. The van der Waals surface area contributed by atoms with Crippen molar-refractivity contribution in [3.05, 3.63) is 36.5 Å². The molecule has 3 aromatic heterocycles. The van der Waals surface area contributed by atoms with E-state index < -0.39 is 24.8 Å². The van der Waals surface area contributed by atoms with Crippen LogP contribution in [0.15, 0.2) is 30.7 Å². The van der Waals surface area contributed by atoms with Gasteiger partial charge in [-0.3, -0.25) is 9.38 Å². The van der Waals surface area contributed by atoms with Crippen LogP contribution in [0.25, 0.3) is 16.9 Å². The van der Waals surface area contributed by atoms with Crippen molar-refractivity contribution in [2.45, 2.75) is 19.3 Å². The molecule has 0 unspecified atom stereocenters. The van der Waals surface area contributed by atoms with Crippen LogP contribution >= 0.6 is 0 Å². The first-order valence-corrected chi connectivity index (χ1v) is 6.79. The quantitative estimate of drug-likeness (QED) is 0.667. The standard InChI is InChI=1S/C14H11F4N5O/c1-14(17,18)7-24-11-3-2-8(4-20-11)9-6-23-10(5-19-9)21-22-13(23)12(15)16/h2-6,12H,7H2,1H3. The van der Waals surface area contributed by atoms with E-state index in [1.54, 1.807) is 0 Å². The smallest absolute Gasteiger partial charge is 0.297 e. The van der Waals surface area contributed by atoms with Gasteiger partial charge in [0.15, 0.2) is 12.3 Å². The maximum Gasteiger partial charge on any atom is 0.297 e. The van der Waals surface area contributed by atoms with Crippen LogP contribution < -0.4 is 4.74 Å². The predicted molar refractivity (Wildman–Crippen MR) is 75.1 cm³/mol. The highest BCUT2D eigenvalue weighted by Crippen LogP contribution is 2.22. The highest BCUT2D eigenvalue weighted by atomic mass is 19.3. The van der Waals surface area contributed by atoms with Gasteiger partial charge in [0.1, 0.15) is 0 Å². The number of ether oxygens (including phenoxy) is 1. The van der Waals surface area contributed by atoms with Crippen molar-refractivity contribution in [3.63, 3.8) is 0 Å². The number of aromatic nitrogens is 5. The molecule has 0 atom stereocenters. The number of alkyl halides is 4. The maximum absolute atomic E-state index is 12.9. The minimum Gasteiger partial charge on any atom is -0.471 e. The number of rotatable bonds is 5. The van der Waals surface area contributed by atoms with Crippen molar-refractivity contribution in [2.75, 3.05) is 6.61 Å². The van der Waals surface area contributed by atoms with Crippen LogP contribution in [0.5, 0.6) is 5.88 Å². The molecule has 0 N–H and O–H groups in total. The zero-order valence-electron chi connectivity index (χ0n) is 12.3. The first kappa shape index (κ1) is 16.1. The molecule has 0 saturated carbocycles. The van der Waals surface area contributed by atoms with E-state index in [0.29, 0.717) is 11.3 Å². The molecule has 0 bridgehead atoms. The monoisotopic (exact) mass is 341 g/mol. The van der Waals surface area contributed by atoms with Crippen LogP contribution in [0.2, 0.25) is 0 Å². The summed E-state index contributed by atoms with van der Waals surface area (Å²) < 4.78 is 57.2. The zero-order chi connectivity index (χ0) is 17.3. The van der Waals surface area contributed by atoms with E-state index in [1.807, 2.05) is 0 Å². The average molecular weight is 341 g/mol. The second-order valence-corrected chi connectivity index (χ2v) is 5.10. The molecular weight excluding hydrogens is 330 g/mol. The summed E-state index contributed by atoms with van der Waals surface area (Å²) in [6, 6.07) is 2.93. The van der Waals surface area contributed by atoms with E-state index in [4.69, 9.17) is 4.74 Å². The third-order valence-corrected chi connectivity index (χ3v) is 3.02. The third kappa shape index (κ3) is 3.42. The van der Waals surface area contributed by atoms with E-state index in [2.05, 4.69) is 20.2 Å². The highest BCUT2D eigenvalue weighted by Gasteiger charge is 2.22. The molecule has 0 amide bonds. The fourth-order valence-electron chi connectivity index (χ4n) is 1.94. The minimum absolute atomic E-state index is 0.0268. The van der Waals surface area contributed by atoms with Crippen molar-refractivity contribution in [1.29, 1.82) is 0 Å². The van der Waals surface area contributed by atoms with E-state index in [9.17, 15) is 17.6 Å². The van der Waals surface area contributed by atoms with Crippen molar-refractivity contribution >= 4 is 5.65 Å². The number of hydrogen-bond acceptors (Lipinski definition) is 5. The highest BCUT2D eigenvalue weighted by molar-refractivity contribution is 5.58. The van der Waals surface area contributed by atoms with Gasteiger partial charge < -0.3 is 4.74 Å². The lowest BCUT2D eigenvalue weighted by atomic mass is 10.2. The summed E-state index contributed by atoms with van der Waals surface area (Å²) in [5.41, 5.74) is 1.04. The Morgan fingerprint density at radius 1 is 1.17 bits per heavy atom. The Labute approximate surface area is 133 Å². The van der Waals surface area contributed by atoms with Crippen LogP contribution in [-0.2, 0) is 0 Å². The van der Waals surface area contributed by atoms with Crippen molar-refractivity contribution in [2.24, 2.45) is 0 Å². The summed E-state index contributed by atoms with van der Waals surface area (Å²) >= 11 is 0. The molecule has 0 aromatic carbocycles. The Morgan fingerprint density at radius 3 is 2.58 bits per heavy atom. The van der Waals surface area contributed by atoms with Crippen molar-refractivity contribution in [3.8, 4) is 17.1 Å². The SMILES string of the molecule is CC(F)(F)COc1ccc(-c2cn3c(C(F)F)nnc3cn2)cn1. The van der Waals surface area contributed by atoms with Crippen LogP contribution in [0, 0.1) is 0 Å². The summed E-state index contributed by atoms with van der Waals surface area (Å²) in [6.07, 6.45) is 1.23. The number of hydrogen-bond donors (Lipinski definition) is 0. The summed E-state index contributed by atoms with van der Waals surface area (Å²) in [6.45, 7) is -0.0533. The number of fused-ring (bicyclic) bond motifs is 1. The van der Waals surface area contributed by atoms with E-state index in [-0.39, 0.29) is 11.5 Å². The van der Waals surface area contributed by atoms with E-state index in [1.165, 1.54) is 30.7 Å². The van der Waals surface area contributed by atoms with Crippen LogP contribution in [0.4, 0.5) is 17.6 Å². The van der Waals surface area contributed by atoms with Gasteiger partial charge in [0.25, 0.3) is 12.3 Å². The molecule has 10 heteroatoms. The van der Waals surface area contributed by atoms with Crippen LogP contribution in [-0.4, -0.2) is 37.1 Å².